The molecule has 4 N–H and O–H groups in total. The fourth-order valence-corrected chi connectivity index (χ4v) is 6.38. The van der Waals surface area contributed by atoms with Crippen molar-refractivity contribution in [2.45, 2.75) is 82.6 Å². The van der Waals surface area contributed by atoms with E-state index in [0.717, 1.165) is 44.3 Å². The Balaban J connectivity index is 1.27. The molecular formula is C34H44ClN5O5. The third-order valence-corrected chi connectivity index (χ3v) is 9.08. The summed E-state index contributed by atoms with van der Waals surface area (Å²) < 4.78 is 11.9. The van der Waals surface area contributed by atoms with Crippen LogP contribution in [0.3, 0.4) is 0 Å². The summed E-state index contributed by atoms with van der Waals surface area (Å²) in [6.07, 6.45) is 6.15. The van der Waals surface area contributed by atoms with Gasteiger partial charge in [0.05, 0.1) is 18.8 Å². The Hall–Kier alpha value is -3.31. The molecule has 0 bridgehead atoms. The van der Waals surface area contributed by atoms with Gasteiger partial charge in [0.1, 0.15) is 11.6 Å². The number of rotatable bonds is 15. The van der Waals surface area contributed by atoms with Gasteiger partial charge in [-0.15, -0.1) is 0 Å². The van der Waals surface area contributed by atoms with Crippen LogP contribution < -0.4 is 16.4 Å². The first kappa shape index (κ1) is 33.1. The molecule has 2 aliphatic rings. The van der Waals surface area contributed by atoms with Crippen molar-refractivity contribution in [3.63, 3.8) is 0 Å². The third kappa shape index (κ3) is 9.13. The van der Waals surface area contributed by atoms with Gasteiger partial charge in [-0.1, -0.05) is 35.9 Å². The maximum atomic E-state index is 13.9. The Morgan fingerprint density at radius 3 is 2.62 bits per heavy atom. The van der Waals surface area contributed by atoms with Crippen LogP contribution in [0.25, 0.3) is 11.1 Å². The summed E-state index contributed by atoms with van der Waals surface area (Å²) in [5.41, 5.74) is 7.75. The average molecular weight is 638 g/mol. The lowest BCUT2D eigenvalue weighted by Gasteiger charge is -2.26. The molecule has 5 rings (SSSR count). The van der Waals surface area contributed by atoms with E-state index in [1.165, 1.54) is 0 Å². The van der Waals surface area contributed by atoms with Crippen LogP contribution in [0, 0.1) is 5.92 Å². The Bertz CT molecular complexity index is 1390. The van der Waals surface area contributed by atoms with E-state index >= 15 is 0 Å². The first-order valence-electron chi connectivity index (χ1n) is 16.2. The van der Waals surface area contributed by atoms with Crippen molar-refractivity contribution >= 4 is 40.3 Å². The third-order valence-electron chi connectivity index (χ3n) is 8.83. The van der Waals surface area contributed by atoms with Gasteiger partial charge in [-0.25, -0.2) is 4.98 Å². The topological polar surface area (TPSA) is 140 Å². The number of unbranched alkanes of at least 4 members (excludes halogenated alkanes) is 1. The van der Waals surface area contributed by atoms with Crippen LogP contribution in [0.2, 0.25) is 5.02 Å². The number of carbonyl (C=O) groups is 3. The minimum Gasteiger partial charge on any atom is -0.434 e. The van der Waals surface area contributed by atoms with Crippen LogP contribution in [0.4, 0.5) is 0 Å². The van der Waals surface area contributed by atoms with Crippen molar-refractivity contribution in [3.05, 3.63) is 65.0 Å². The smallest absolute Gasteiger partial charge is 0.266 e. The maximum absolute atomic E-state index is 13.9. The Kier molecular flexibility index (Phi) is 12.0. The highest BCUT2D eigenvalue weighted by molar-refractivity contribution is 6.30. The molecule has 1 aromatic heterocycles. The van der Waals surface area contributed by atoms with E-state index in [9.17, 15) is 14.4 Å². The lowest BCUT2D eigenvalue weighted by atomic mass is 9.92. The van der Waals surface area contributed by atoms with Crippen LogP contribution in [0.5, 0.6) is 0 Å². The second-order valence-corrected chi connectivity index (χ2v) is 12.6. The molecular weight excluding hydrogens is 594 g/mol. The number of ketones is 1. The van der Waals surface area contributed by atoms with Gasteiger partial charge >= 0.3 is 0 Å². The number of amides is 2. The second kappa shape index (κ2) is 16.3. The number of hydrogen-bond donors (Lipinski definition) is 3. The number of halogens is 1. The summed E-state index contributed by atoms with van der Waals surface area (Å²) in [5.74, 6) is -0.256. The average Bonchev–Trinajstić information content (AvgIpc) is 3.69. The number of likely N-dealkylation sites (tertiary alicyclic amines) is 1. The molecule has 2 saturated heterocycles. The van der Waals surface area contributed by atoms with Crippen molar-refractivity contribution in [2.24, 2.45) is 11.7 Å². The molecule has 3 atom stereocenters. The molecule has 45 heavy (non-hydrogen) atoms. The highest BCUT2D eigenvalue weighted by Gasteiger charge is 2.41. The minimum absolute atomic E-state index is 0.0457. The van der Waals surface area contributed by atoms with E-state index in [0.29, 0.717) is 73.8 Å². The Morgan fingerprint density at radius 2 is 1.87 bits per heavy atom. The fraction of sp³-hybridized carbons (Fsp3) is 0.529. The summed E-state index contributed by atoms with van der Waals surface area (Å²) in [6, 6.07) is 13.0. The van der Waals surface area contributed by atoms with Gasteiger partial charge in [0.25, 0.3) is 5.89 Å². The van der Waals surface area contributed by atoms with E-state index in [-0.39, 0.29) is 23.8 Å². The van der Waals surface area contributed by atoms with Gasteiger partial charge in [-0.05, 0) is 100 Å². The lowest BCUT2D eigenvalue weighted by Crippen LogP contribution is -2.51. The van der Waals surface area contributed by atoms with E-state index < -0.39 is 17.9 Å². The number of oxazole rings is 1. The van der Waals surface area contributed by atoms with Crippen molar-refractivity contribution in [3.8, 4) is 0 Å². The predicted octanol–water partition coefficient (Wildman–Crippen LogP) is 4.63. The van der Waals surface area contributed by atoms with Crippen molar-refractivity contribution in [2.75, 3.05) is 26.2 Å². The molecule has 2 amide bonds. The standard InChI is InChI=1S/C34H44ClN5O5/c35-25-13-11-24(12-14-25)22-44-26-20-29(40(21-26)31(41)10-5-6-23-15-18-37-19-16-23)33(43)38-28(8-3-4-17-36)32(42)34-39-27-7-1-2-9-30(27)45-34/h1-2,7,9,11-14,23,26,28-29,37H,3-6,8,10,15-22,36H2,(H,38,43)/t26-,28+,29+/m1/s1. The molecule has 2 aromatic carbocycles. The number of piperidine rings is 1. The second-order valence-electron chi connectivity index (χ2n) is 12.1. The molecule has 242 valence electrons. The maximum Gasteiger partial charge on any atom is 0.266 e. The van der Waals surface area contributed by atoms with Gasteiger partial charge < -0.3 is 30.4 Å². The normalized spacial score (nSPS) is 19.6. The van der Waals surface area contributed by atoms with Crippen molar-refractivity contribution < 1.29 is 23.5 Å². The molecule has 3 heterocycles. The zero-order valence-electron chi connectivity index (χ0n) is 25.7. The quantitative estimate of drug-likeness (QED) is 0.162. The Morgan fingerprint density at radius 1 is 1.09 bits per heavy atom. The highest BCUT2D eigenvalue weighted by atomic mass is 35.5. The number of aromatic nitrogens is 1. The number of carbonyl (C=O) groups excluding carboxylic acids is 3. The molecule has 2 aliphatic heterocycles. The van der Waals surface area contributed by atoms with Gasteiger partial charge in [-0.3, -0.25) is 14.4 Å². The van der Waals surface area contributed by atoms with Crippen molar-refractivity contribution in [1.82, 2.24) is 20.5 Å². The van der Waals surface area contributed by atoms with E-state index in [2.05, 4.69) is 15.6 Å². The zero-order chi connectivity index (χ0) is 31.6. The van der Waals surface area contributed by atoms with Gasteiger partial charge in [0.15, 0.2) is 5.58 Å². The van der Waals surface area contributed by atoms with Crippen LogP contribution in [0.1, 0.15) is 74.0 Å². The van der Waals surface area contributed by atoms with Gasteiger partial charge in [-0.2, -0.15) is 0 Å². The molecule has 0 spiro atoms. The highest BCUT2D eigenvalue weighted by Crippen LogP contribution is 2.26. The number of benzene rings is 2. The number of nitrogens with one attached hydrogen (secondary N) is 2. The molecule has 0 saturated carbocycles. The summed E-state index contributed by atoms with van der Waals surface area (Å²) in [5, 5.41) is 6.98. The van der Waals surface area contributed by atoms with Crippen molar-refractivity contribution in [1.29, 1.82) is 0 Å². The molecule has 0 aliphatic carbocycles. The van der Waals surface area contributed by atoms with Crippen LogP contribution in [-0.4, -0.2) is 71.8 Å². The molecule has 10 nitrogen and oxygen atoms in total. The van der Waals surface area contributed by atoms with E-state index in [4.69, 9.17) is 26.5 Å². The largest absolute Gasteiger partial charge is 0.434 e. The zero-order valence-corrected chi connectivity index (χ0v) is 26.5. The molecule has 0 unspecified atom stereocenters. The minimum atomic E-state index is -0.858. The van der Waals surface area contributed by atoms with Gasteiger partial charge in [0.2, 0.25) is 17.6 Å². The number of nitrogens with zero attached hydrogens (tertiary/aromatic N) is 2. The fourth-order valence-electron chi connectivity index (χ4n) is 6.25. The summed E-state index contributed by atoms with van der Waals surface area (Å²) in [7, 11) is 0. The van der Waals surface area contributed by atoms with Crippen LogP contribution in [-0.2, 0) is 20.9 Å². The van der Waals surface area contributed by atoms with E-state index in [1.807, 2.05) is 36.4 Å². The number of nitrogens with two attached hydrogens (primary N) is 1. The summed E-state index contributed by atoms with van der Waals surface area (Å²) in [6.45, 7) is 3.18. The SMILES string of the molecule is NCCCC[C@H](NC(=O)[C@@H]1C[C@@H](OCc2ccc(Cl)cc2)CN1C(=O)CCCC1CCNCC1)C(=O)c1nc2ccccc2o1. The summed E-state index contributed by atoms with van der Waals surface area (Å²) in [4.78, 5) is 47.0. The number of Topliss-reactive ketones (excluding diaryl/α,β-unsaturated/α-hetero) is 1. The number of ether oxygens (including phenoxy) is 1. The predicted molar refractivity (Wildman–Crippen MR) is 173 cm³/mol. The monoisotopic (exact) mass is 637 g/mol. The summed E-state index contributed by atoms with van der Waals surface area (Å²) >= 11 is 6.03. The number of hydrogen-bond acceptors (Lipinski definition) is 8. The first-order valence-corrected chi connectivity index (χ1v) is 16.6. The lowest BCUT2D eigenvalue weighted by molar-refractivity contribution is -0.138. The van der Waals surface area contributed by atoms with Gasteiger partial charge in [0, 0.05) is 24.4 Å². The molecule has 0 radical (unpaired) electrons. The molecule has 2 fully saturated rings. The number of para-hydroxylation sites is 2. The molecule has 3 aromatic rings. The van der Waals surface area contributed by atoms with E-state index in [1.54, 1.807) is 17.0 Å². The van der Waals surface area contributed by atoms with Crippen LogP contribution in [0.15, 0.2) is 52.9 Å². The first-order chi connectivity index (χ1) is 21.9. The molecule has 11 heteroatoms. The van der Waals surface area contributed by atoms with Crippen LogP contribution >= 0.6 is 11.6 Å². The number of fused-ring (bicyclic) bond motifs is 1. The Labute approximate surface area is 269 Å².